The van der Waals surface area contributed by atoms with Crippen LogP contribution in [0.15, 0.2) is 29.3 Å². The third-order valence-electron chi connectivity index (χ3n) is 3.96. The Morgan fingerprint density at radius 3 is 2.35 bits per heavy atom. The van der Waals surface area contributed by atoms with Crippen LogP contribution in [0.4, 0.5) is 4.39 Å². The summed E-state index contributed by atoms with van der Waals surface area (Å²) in [6, 6.07) is 6.72. The predicted octanol–water partition coefficient (Wildman–Crippen LogP) is 3.19. The van der Waals surface area contributed by atoms with Gasteiger partial charge in [0.15, 0.2) is 5.96 Å². The van der Waals surface area contributed by atoms with Crippen molar-refractivity contribution in [3.05, 3.63) is 35.6 Å². The van der Waals surface area contributed by atoms with Crippen LogP contribution >= 0.6 is 24.0 Å². The number of guanidine groups is 1. The van der Waals surface area contributed by atoms with Crippen molar-refractivity contribution in [3.8, 4) is 0 Å². The van der Waals surface area contributed by atoms with Gasteiger partial charge >= 0.3 is 0 Å². The van der Waals surface area contributed by atoms with Crippen molar-refractivity contribution < 1.29 is 9.13 Å². The van der Waals surface area contributed by atoms with E-state index >= 15 is 0 Å². The van der Waals surface area contributed by atoms with Crippen LogP contribution in [-0.4, -0.2) is 31.3 Å². The normalized spacial score (nSPS) is 18.2. The Morgan fingerprint density at radius 2 is 1.83 bits per heavy atom. The molecular weight excluding hydrogens is 408 g/mol. The molecule has 130 valence electrons. The van der Waals surface area contributed by atoms with Gasteiger partial charge in [0, 0.05) is 24.2 Å². The lowest BCUT2D eigenvalue weighted by atomic mass is 9.74. The SMILES string of the molecule is CC(C)(C)NC(N)=NCC1(c2ccc(F)cc2)CCOCC1.I. The van der Waals surface area contributed by atoms with E-state index in [9.17, 15) is 4.39 Å². The van der Waals surface area contributed by atoms with Gasteiger partial charge in [0.1, 0.15) is 5.82 Å². The minimum Gasteiger partial charge on any atom is -0.381 e. The molecule has 1 aromatic carbocycles. The molecule has 1 saturated heterocycles. The van der Waals surface area contributed by atoms with Gasteiger partial charge in [0.05, 0.1) is 6.54 Å². The van der Waals surface area contributed by atoms with Crippen molar-refractivity contribution in [2.45, 2.75) is 44.6 Å². The van der Waals surface area contributed by atoms with E-state index in [2.05, 4.69) is 10.3 Å². The van der Waals surface area contributed by atoms with E-state index in [0.29, 0.717) is 25.7 Å². The number of hydrogen-bond donors (Lipinski definition) is 2. The van der Waals surface area contributed by atoms with E-state index in [1.54, 1.807) is 0 Å². The molecule has 0 aromatic heterocycles. The highest BCUT2D eigenvalue weighted by Crippen LogP contribution is 2.35. The summed E-state index contributed by atoms with van der Waals surface area (Å²) in [6.45, 7) is 8.09. The zero-order chi connectivity index (χ0) is 16.2. The van der Waals surface area contributed by atoms with Gasteiger partial charge in [-0.3, -0.25) is 4.99 Å². The second kappa shape index (κ2) is 8.28. The Bertz CT molecular complexity index is 520. The lowest BCUT2D eigenvalue weighted by Gasteiger charge is -2.36. The number of nitrogens with zero attached hydrogens (tertiary/aromatic N) is 1. The molecule has 23 heavy (non-hydrogen) atoms. The standard InChI is InChI=1S/C17H26FN3O.HI/c1-16(2,3)21-15(19)20-12-17(8-10-22-11-9-17)13-4-6-14(18)7-5-13;/h4-7H,8-12H2,1-3H3,(H3,19,20,21);1H. The van der Waals surface area contributed by atoms with E-state index in [1.165, 1.54) is 12.1 Å². The van der Waals surface area contributed by atoms with E-state index in [4.69, 9.17) is 10.5 Å². The zero-order valence-electron chi connectivity index (χ0n) is 14.1. The Morgan fingerprint density at radius 1 is 1.26 bits per heavy atom. The highest BCUT2D eigenvalue weighted by Gasteiger charge is 2.34. The fourth-order valence-electron chi connectivity index (χ4n) is 2.76. The largest absolute Gasteiger partial charge is 0.381 e. The Labute approximate surface area is 155 Å². The van der Waals surface area contributed by atoms with E-state index in [-0.39, 0.29) is 40.7 Å². The van der Waals surface area contributed by atoms with Gasteiger partial charge in [-0.1, -0.05) is 12.1 Å². The third kappa shape index (κ3) is 5.91. The van der Waals surface area contributed by atoms with Gasteiger partial charge in [-0.05, 0) is 51.3 Å². The summed E-state index contributed by atoms with van der Waals surface area (Å²) >= 11 is 0. The van der Waals surface area contributed by atoms with Gasteiger partial charge in [-0.2, -0.15) is 0 Å². The number of benzene rings is 1. The molecular formula is C17H27FIN3O. The van der Waals surface area contributed by atoms with Crippen molar-refractivity contribution in [3.63, 3.8) is 0 Å². The quantitative estimate of drug-likeness (QED) is 0.436. The summed E-state index contributed by atoms with van der Waals surface area (Å²) in [6.07, 6.45) is 1.73. The maximum atomic E-state index is 13.2. The minimum absolute atomic E-state index is 0. The first-order chi connectivity index (χ1) is 10.3. The van der Waals surface area contributed by atoms with Crippen LogP contribution in [0.5, 0.6) is 0 Å². The summed E-state index contributed by atoms with van der Waals surface area (Å²) in [5.74, 6) is 0.226. The number of nitrogens with one attached hydrogen (secondary N) is 1. The van der Waals surface area contributed by atoms with Crippen LogP contribution in [0, 0.1) is 5.82 Å². The highest BCUT2D eigenvalue weighted by molar-refractivity contribution is 14.0. The molecule has 6 heteroatoms. The minimum atomic E-state index is -0.219. The smallest absolute Gasteiger partial charge is 0.189 e. The molecule has 1 aliphatic rings. The molecule has 3 N–H and O–H groups in total. The average Bonchev–Trinajstić information content (AvgIpc) is 2.45. The first-order valence-electron chi connectivity index (χ1n) is 7.73. The van der Waals surface area contributed by atoms with Crippen LogP contribution in [-0.2, 0) is 10.2 Å². The molecule has 4 nitrogen and oxygen atoms in total. The molecule has 0 saturated carbocycles. The van der Waals surface area contributed by atoms with Crippen LogP contribution in [0.1, 0.15) is 39.2 Å². The predicted molar refractivity (Wildman–Crippen MR) is 103 cm³/mol. The van der Waals surface area contributed by atoms with E-state index in [0.717, 1.165) is 18.4 Å². The van der Waals surface area contributed by atoms with Gasteiger partial charge in [-0.25, -0.2) is 4.39 Å². The molecule has 0 bridgehead atoms. The summed E-state index contributed by atoms with van der Waals surface area (Å²) < 4.78 is 18.7. The van der Waals surface area contributed by atoms with Gasteiger partial charge < -0.3 is 15.8 Å². The molecule has 1 aromatic rings. The summed E-state index contributed by atoms with van der Waals surface area (Å²) in [7, 11) is 0. The molecule has 0 aliphatic carbocycles. The lowest BCUT2D eigenvalue weighted by molar-refractivity contribution is 0.0531. The molecule has 0 unspecified atom stereocenters. The van der Waals surface area contributed by atoms with Crippen LogP contribution in [0.25, 0.3) is 0 Å². The maximum absolute atomic E-state index is 13.2. The summed E-state index contributed by atoms with van der Waals surface area (Å²) in [5.41, 5.74) is 6.84. The maximum Gasteiger partial charge on any atom is 0.189 e. The monoisotopic (exact) mass is 435 g/mol. The van der Waals surface area contributed by atoms with Crippen LogP contribution in [0.2, 0.25) is 0 Å². The molecule has 1 aliphatic heterocycles. The van der Waals surface area contributed by atoms with E-state index < -0.39 is 0 Å². The highest BCUT2D eigenvalue weighted by atomic mass is 127. The summed E-state index contributed by atoms with van der Waals surface area (Å²) in [5, 5.41) is 3.17. The van der Waals surface area contributed by atoms with Crippen molar-refractivity contribution in [2.24, 2.45) is 10.7 Å². The molecule has 0 radical (unpaired) electrons. The molecule has 1 fully saturated rings. The van der Waals surface area contributed by atoms with Crippen LogP contribution < -0.4 is 11.1 Å². The number of hydrogen-bond acceptors (Lipinski definition) is 2. The summed E-state index contributed by atoms with van der Waals surface area (Å²) in [4.78, 5) is 4.54. The van der Waals surface area contributed by atoms with Crippen molar-refractivity contribution in [1.29, 1.82) is 0 Å². The van der Waals surface area contributed by atoms with Crippen molar-refractivity contribution >= 4 is 29.9 Å². The second-order valence-electron chi connectivity index (χ2n) is 6.98. The topological polar surface area (TPSA) is 59.6 Å². The molecule has 0 amide bonds. The first-order valence-corrected chi connectivity index (χ1v) is 7.73. The molecule has 0 atom stereocenters. The fraction of sp³-hybridized carbons (Fsp3) is 0.588. The molecule has 1 heterocycles. The Balaban J connectivity index is 0.00000264. The molecule has 0 spiro atoms. The zero-order valence-corrected chi connectivity index (χ0v) is 16.4. The number of ether oxygens (including phenoxy) is 1. The Kier molecular flexibility index (Phi) is 7.26. The lowest BCUT2D eigenvalue weighted by Crippen LogP contribution is -2.46. The molecule has 2 rings (SSSR count). The number of halogens is 2. The number of rotatable bonds is 3. The second-order valence-corrected chi connectivity index (χ2v) is 6.98. The average molecular weight is 435 g/mol. The number of aliphatic imine (C=N–C) groups is 1. The van der Waals surface area contributed by atoms with Gasteiger partial charge in [-0.15, -0.1) is 24.0 Å². The van der Waals surface area contributed by atoms with Crippen LogP contribution in [0.3, 0.4) is 0 Å². The van der Waals surface area contributed by atoms with Gasteiger partial charge in [0.2, 0.25) is 0 Å². The number of nitrogens with two attached hydrogens (primary N) is 1. The first kappa shape index (κ1) is 20.2. The third-order valence-corrected chi connectivity index (χ3v) is 3.96. The van der Waals surface area contributed by atoms with Crippen molar-refractivity contribution in [1.82, 2.24) is 5.32 Å². The fourth-order valence-corrected chi connectivity index (χ4v) is 2.76. The van der Waals surface area contributed by atoms with Gasteiger partial charge in [0.25, 0.3) is 0 Å². The van der Waals surface area contributed by atoms with E-state index in [1.807, 2.05) is 32.9 Å². The van der Waals surface area contributed by atoms with Crippen molar-refractivity contribution in [2.75, 3.05) is 19.8 Å². The Hall–Kier alpha value is -0.890.